The van der Waals surface area contributed by atoms with Crippen LogP contribution in [-0.4, -0.2) is 23.1 Å². The van der Waals surface area contributed by atoms with Crippen molar-refractivity contribution in [2.75, 3.05) is 7.05 Å². The lowest BCUT2D eigenvalue weighted by molar-refractivity contribution is 0.123. The Balaban J connectivity index is 1.94. The van der Waals surface area contributed by atoms with Crippen molar-refractivity contribution in [1.82, 2.24) is 4.90 Å². The molecule has 0 bridgehead atoms. The summed E-state index contributed by atoms with van der Waals surface area (Å²) in [4.78, 5) is 2.45. The first-order valence-electron chi connectivity index (χ1n) is 7.05. The molecule has 0 radical (unpaired) electrons. The lowest BCUT2D eigenvalue weighted by Gasteiger charge is -2.38. The molecule has 1 aromatic carbocycles. The van der Waals surface area contributed by atoms with E-state index >= 15 is 0 Å². The topological polar surface area (TPSA) is 23.5 Å². The summed E-state index contributed by atoms with van der Waals surface area (Å²) in [7, 11) is 2.21. The van der Waals surface area contributed by atoms with Crippen LogP contribution in [0.25, 0.3) is 0 Å². The van der Waals surface area contributed by atoms with Crippen LogP contribution in [0.4, 0.5) is 0 Å². The lowest BCUT2D eigenvalue weighted by Crippen LogP contribution is -2.36. The van der Waals surface area contributed by atoms with Crippen molar-refractivity contribution in [3.63, 3.8) is 0 Å². The van der Waals surface area contributed by atoms with Gasteiger partial charge >= 0.3 is 0 Å². The van der Waals surface area contributed by atoms with E-state index in [0.717, 1.165) is 11.0 Å². The van der Waals surface area contributed by atoms with Crippen LogP contribution >= 0.6 is 15.9 Å². The van der Waals surface area contributed by atoms with Gasteiger partial charge < -0.3 is 5.11 Å². The van der Waals surface area contributed by atoms with Gasteiger partial charge in [-0.25, -0.2) is 0 Å². The van der Waals surface area contributed by atoms with Crippen LogP contribution < -0.4 is 0 Å². The standard InChI is InChI=1S/C16H24BrNO/c1-16(2)8-6-13(7-9-16)18(3)11-12-4-5-15(19)14(17)10-12/h4-5,10,13,19H,6-9,11H2,1-3H3. The van der Waals surface area contributed by atoms with E-state index in [-0.39, 0.29) is 0 Å². The van der Waals surface area contributed by atoms with E-state index < -0.39 is 0 Å². The molecule has 3 heteroatoms. The third kappa shape index (κ3) is 3.96. The summed E-state index contributed by atoms with van der Waals surface area (Å²) in [6.45, 7) is 5.70. The highest BCUT2D eigenvalue weighted by molar-refractivity contribution is 9.10. The van der Waals surface area contributed by atoms with E-state index in [1.54, 1.807) is 6.07 Å². The summed E-state index contributed by atoms with van der Waals surface area (Å²) in [5.41, 5.74) is 1.77. The molecule has 1 N–H and O–H groups in total. The number of phenols is 1. The van der Waals surface area contributed by atoms with Gasteiger partial charge in [0.1, 0.15) is 5.75 Å². The predicted octanol–water partition coefficient (Wildman–Crippen LogP) is 4.56. The summed E-state index contributed by atoms with van der Waals surface area (Å²) in [5, 5.41) is 9.52. The van der Waals surface area contributed by atoms with Gasteiger partial charge in [-0.3, -0.25) is 4.90 Å². The molecule has 19 heavy (non-hydrogen) atoms. The van der Waals surface area contributed by atoms with Gasteiger partial charge in [0.25, 0.3) is 0 Å². The summed E-state index contributed by atoms with van der Waals surface area (Å²) in [5.74, 6) is 0.311. The van der Waals surface area contributed by atoms with Gasteiger partial charge in [-0.1, -0.05) is 19.9 Å². The van der Waals surface area contributed by atoms with Crippen LogP contribution in [0.5, 0.6) is 5.75 Å². The Labute approximate surface area is 124 Å². The molecule has 0 saturated heterocycles. The minimum absolute atomic E-state index is 0.311. The molecule has 1 saturated carbocycles. The summed E-state index contributed by atoms with van der Waals surface area (Å²) in [6.07, 6.45) is 5.23. The molecule has 0 amide bonds. The molecule has 0 heterocycles. The Kier molecular flexibility index (Phi) is 4.57. The van der Waals surface area contributed by atoms with Crippen molar-refractivity contribution in [2.45, 2.75) is 52.1 Å². The van der Waals surface area contributed by atoms with Crippen molar-refractivity contribution in [3.05, 3.63) is 28.2 Å². The Bertz CT molecular complexity index is 434. The Morgan fingerprint density at radius 3 is 2.53 bits per heavy atom. The maximum Gasteiger partial charge on any atom is 0.129 e. The van der Waals surface area contributed by atoms with E-state index in [0.29, 0.717) is 17.2 Å². The van der Waals surface area contributed by atoms with Gasteiger partial charge in [0.15, 0.2) is 0 Å². The van der Waals surface area contributed by atoms with Gasteiger partial charge in [0.05, 0.1) is 4.47 Å². The molecule has 1 aliphatic carbocycles. The van der Waals surface area contributed by atoms with E-state index in [2.05, 4.69) is 41.7 Å². The highest BCUT2D eigenvalue weighted by Gasteiger charge is 2.28. The normalized spacial score (nSPS) is 19.8. The van der Waals surface area contributed by atoms with Crippen molar-refractivity contribution in [1.29, 1.82) is 0 Å². The second-order valence-corrected chi connectivity index (χ2v) is 7.45. The monoisotopic (exact) mass is 325 g/mol. The third-order valence-corrected chi connectivity index (χ3v) is 5.01. The molecule has 0 atom stereocenters. The summed E-state index contributed by atoms with van der Waals surface area (Å²) in [6, 6.07) is 6.47. The first-order valence-corrected chi connectivity index (χ1v) is 7.84. The second kappa shape index (κ2) is 5.84. The van der Waals surface area contributed by atoms with Crippen LogP contribution in [0.2, 0.25) is 0 Å². The molecule has 106 valence electrons. The van der Waals surface area contributed by atoms with Gasteiger partial charge in [0.2, 0.25) is 0 Å². The molecule has 1 aromatic rings. The highest BCUT2D eigenvalue weighted by Crippen LogP contribution is 2.37. The number of phenolic OH excluding ortho intramolecular Hbond substituents is 1. The molecule has 2 rings (SSSR count). The van der Waals surface area contributed by atoms with E-state index in [4.69, 9.17) is 0 Å². The number of hydrogen-bond donors (Lipinski definition) is 1. The summed E-state index contributed by atoms with van der Waals surface area (Å²) < 4.78 is 0.781. The van der Waals surface area contributed by atoms with Crippen LogP contribution in [0.15, 0.2) is 22.7 Å². The minimum Gasteiger partial charge on any atom is -0.507 e. The molecule has 0 spiro atoms. The van der Waals surface area contributed by atoms with E-state index in [1.807, 2.05) is 12.1 Å². The molecule has 0 aromatic heterocycles. The van der Waals surface area contributed by atoms with Gasteiger partial charge in [-0.05, 0) is 71.8 Å². The van der Waals surface area contributed by atoms with Crippen LogP contribution in [0.1, 0.15) is 45.1 Å². The predicted molar refractivity (Wildman–Crippen MR) is 83.3 cm³/mol. The number of rotatable bonds is 3. The van der Waals surface area contributed by atoms with E-state index in [1.165, 1.54) is 31.2 Å². The van der Waals surface area contributed by atoms with Gasteiger partial charge in [-0.2, -0.15) is 0 Å². The quantitative estimate of drug-likeness (QED) is 0.880. The third-order valence-electron chi connectivity index (χ3n) is 4.38. The fraction of sp³-hybridized carbons (Fsp3) is 0.625. The number of nitrogens with zero attached hydrogens (tertiary/aromatic N) is 1. The van der Waals surface area contributed by atoms with Crippen LogP contribution in [-0.2, 0) is 6.54 Å². The van der Waals surface area contributed by atoms with Crippen molar-refractivity contribution < 1.29 is 5.11 Å². The Morgan fingerprint density at radius 2 is 1.95 bits per heavy atom. The molecule has 0 aliphatic heterocycles. The Morgan fingerprint density at radius 1 is 1.32 bits per heavy atom. The average molecular weight is 326 g/mol. The molecule has 1 fully saturated rings. The highest BCUT2D eigenvalue weighted by atomic mass is 79.9. The maximum absolute atomic E-state index is 9.52. The Hall–Kier alpha value is -0.540. The number of aromatic hydroxyl groups is 1. The maximum atomic E-state index is 9.52. The van der Waals surface area contributed by atoms with Gasteiger partial charge in [-0.15, -0.1) is 0 Å². The zero-order valence-corrected chi connectivity index (χ0v) is 13.7. The smallest absolute Gasteiger partial charge is 0.129 e. The first kappa shape index (κ1) is 14.9. The molecular formula is C16H24BrNO. The largest absolute Gasteiger partial charge is 0.507 e. The number of hydrogen-bond acceptors (Lipinski definition) is 2. The second-order valence-electron chi connectivity index (χ2n) is 6.60. The molecule has 0 unspecified atom stereocenters. The fourth-order valence-corrected chi connectivity index (χ4v) is 3.32. The van der Waals surface area contributed by atoms with E-state index in [9.17, 15) is 5.11 Å². The van der Waals surface area contributed by atoms with Crippen molar-refractivity contribution in [2.24, 2.45) is 5.41 Å². The van der Waals surface area contributed by atoms with Crippen LogP contribution in [0, 0.1) is 5.41 Å². The average Bonchev–Trinajstić information content (AvgIpc) is 2.33. The fourth-order valence-electron chi connectivity index (χ4n) is 2.89. The number of halogens is 1. The van der Waals surface area contributed by atoms with Crippen molar-refractivity contribution >= 4 is 15.9 Å². The SMILES string of the molecule is CN(Cc1ccc(O)c(Br)c1)C1CCC(C)(C)CC1. The van der Waals surface area contributed by atoms with Crippen LogP contribution in [0.3, 0.4) is 0 Å². The van der Waals surface area contributed by atoms with Gasteiger partial charge in [0, 0.05) is 12.6 Å². The lowest BCUT2D eigenvalue weighted by atomic mass is 9.75. The zero-order valence-electron chi connectivity index (χ0n) is 12.1. The molecule has 1 aliphatic rings. The zero-order chi connectivity index (χ0) is 14.0. The minimum atomic E-state index is 0.311. The molecular weight excluding hydrogens is 302 g/mol. The summed E-state index contributed by atoms with van der Waals surface area (Å²) >= 11 is 3.38. The molecule has 2 nitrogen and oxygen atoms in total. The number of benzene rings is 1. The van der Waals surface area contributed by atoms with Crippen molar-refractivity contribution in [3.8, 4) is 5.75 Å². The first-order chi connectivity index (χ1) is 8.87.